The van der Waals surface area contributed by atoms with Crippen LogP contribution in [0.2, 0.25) is 0 Å². The minimum Gasteiger partial charge on any atom is -0.463 e. The molecule has 0 spiro atoms. The average Bonchev–Trinajstić information content (AvgIpc) is 2.72. The van der Waals surface area contributed by atoms with Crippen molar-refractivity contribution in [1.29, 1.82) is 0 Å². The first kappa shape index (κ1) is 11.4. The molecule has 0 saturated heterocycles. The minimum atomic E-state index is -0.411. The number of nitrogens with zero attached hydrogens (tertiary/aromatic N) is 1. The van der Waals surface area contributed by atoms with Crippen molar-refractivity contribution < 1.29 is 13.9 Å². The topological polar surface area (TPSA) is 31.2 Å². The number of hydrogen-bond acceptors (Lipinski definition) is 2. The van der Waals surface area contributed by atoms with Gasteiger partial charge in [0, 0.05) is 23.9 Å². The summed E-state index contributed by atoms with van der Waals surface area (Å²) < 4.78 is 19.8. The fourth-order valence-electron chi connectivity index (χ4n) is 1.61. The van der Waals surface area contributed by atoms with Gasteiger partial charge in [0.1, 0.15) is 5.82 Å². The SMILES string of the molecule is CCOC(=O)/C=C\n1ccc2c(F)cccc21. The summed E-state index contributed by atoms with van der Waals surface area (Å²) in [4.78, 5) is 11.1. The molecule has 0 aliphatic heterocycles. The molecule has 17 heavy (non-hydrogen) atoms. The van der Waals surface area contributed by atoms with Crippen LogP contribution in [0.5, 0.6) is 0 Å². The number of aromatic nitrogens is 1. The maximum Gasteiger partial charge on any atom is 0.332 e. The normalized spacial score (nSPS) is 11.2. The van der Waals surface area contributed by atoms with Crippen LogP contribution in [0.15, 0.2) is 36.5 Å². The third kappa shape index (κ3) is 2.36. The second-order valence-electron chi connectivity index (χ2n) is 3.46. The van der Waals surface area contributed by atoms with E-state index in [1.165, 1.54) is 12.1 Å². The highest BCUT2D eigenvalue weighted by Crippen LogP contribution is 2.18. The highest BCUT2D eigenvalue weighted by atomic mass is 19.1. The summed E-state index contributed by atoms with van der Waals surface area (Å²) in [6.45, 7) is 2.08. The molecule has 0 unspecified atom stereocenters. The van der Waals surface area contributed by atoms with Crippen molar-refractivity contribution in [2.75, 3.05) is 6.61 Å². The maximum atomic E-state index is 13.4. The van der Waals surface area contributed by atoms with E-state index in [0.29, 0.717) is 17.5 Å². The van der Waals surface area contributed by atoms with E-state index in [1.807, 2.05) is 0 Å². The van der Waals surface area contributed by atoms with Crippen molar-refractivity contribution in [3.05, 3.63) is 42.4 Å². The van der Waals surface area contributed by atoms with E-state index in [9.17, 15) is 9.18 Å². The lowest BCUT2D eigenvalue weighted by Gasteiger charge is -1.98. The van der Waals surface area contributed by atoms with E-state index in [2.05, 4.69) is 0 Å². The molecule has 0 radical (unpaired) electrons. The van der Waals surface area contributed by atoms with Crippen LogP contribution >= 0.6 is 0 Å². The molecular weight excluding hydrogens is 221 g/mol. The zero-order chi connectivity index (χ0) is 12.3. The van der Waals surface area contributed by atoms with Crippen molar-refractivity contribution >= 4 is 23.1 Å². The van der Waals surface area contributed by atoms with Crippen LogP contribution in [0, 0.1) is 5.82 Å². The summed E-state index contributed by atoms with van der Waals surface area (Å²) in [7, 11) is 0. The molecule has 88 valence electrons. The molecular formula is C13H12FNO2. The number of esters is 1. The van der Waals surface area contributed by atoms with Crippen LogP contribution in [0.1, 0.15) is 6.92 Å². The summed E-state index contributed by atoms with van der Waals surface area (Å²) in [5.74, 6) is -0.684. The summed E-state index contributed by atoms with van der Waals surface area (Å²) >= 11 is 0. The largest absolute Gasteiger partial charge is 0.463 e. The second kappa shape index (κ2) is 4.82. The van der Waals surface area contributed by atoms with Crippen LogP contribution < -0.4 is 0 Å². The van der Waals surface area contributed by atoms with Crippen LogP contribution in [-0.4, -0.2) is 17.1 Å². The standard InChI is InChI=1S/C13H12FNO2/c1-2-17-13(16)7-9-15-8-6-10-11(14)4-3-5-12(10)15/h3-9H,2H2,1H3/b9-7-. The Morgan fingerprint density at radius 1 is 1.47 bits per heavy atom. The first-order valence-electron chi connectivity index (χ1n) is 5.32. The van der Waals surface area contributed by atoms with Crippen molar-refractivity contribution in [2.24, 2.45) is 0 Å². The van der Waals surface area contributed by atoms with Gasteiger partial charge in [-0.3, -0.25) is 0 Å². The van der Waals surface area contributed by atoms with Crippen LogP contribution in [-0.2, 0) is 9.53 Å². The number of fused-ring (bicyclic) bond motifs is 1. The van der Waals surface area contributed by atoms with E-state index in [4.69, 9.17) is 4.74 Å². The van der Waals surface area contributed by atoms with E-state index < -0.39 is 5.97 Å². The number of carbonyl (C=O) groups excluding carboxylic acids is 1. The van der Waals surface area contributed by atoms with Crippen molar-refractivity contribution in [1.82, 2.24) is 4.57 Å². The first-order valence-corrected chi connectivity index (χ1v) is 5.32. The van der Waals surface area contributed by atoms with Gasteiger partial charge in [0.2, 0.25) is 0 Å². The van der Waals surface area contributed by atoms with Gasteiger partial charge in [-0.15, -0.1) is 0 Å². The van der Waals surface area contributed by atoms with Crippen LogP contribution in [0.25, 0.3) is 17.1 Å². The van der Waals surface area contributed by atoms with Gasteiger partial charge in [-0.25, -0.2) is 9.18 Å². The summed E-state index contributed by atoms with van der Waals surface area (Å²) in [6, 6.07) is 6.49. The monoisotopic (exact) mass is 233 g/mol. The summed E-state index contributed by atoms with van der Waals surface area (Å²) in [5, 5.41) is 0.529. The Kier molecular flexibility index (Phi) is 3.23. The number of halogens is 1. The number of ether oxygens (including phenoxy) is 1. The number of rotatable bonds is 3. The average molecular weight is 233 g/mol. The Labute approximate surface area is 98.1 Å². The highest BCUT2D eigenvalue weighted by molar-refractivity contribution is 5.87. The lowest BCUT2D eigenvalue weighted by Crippen LogP contribution is -1.99. The first-order chi connectivity index (χ1) is 8.22. The Morgan fingerprint density at radius 2 is 2.29 bits per heavy atom. The molecule has 0 fully saturated rings. The van der Waals surface area contributed by atoms with Crippen molar-refractivity contribution in [3.63, 3.8) is 0 Å². The van der Waals surface area contributed by atoms with E-state index in [0.717, 1.165) is 0 Å². The number of benzene rings is 1. The molecule has 2 aromatic rings. The van der Waals surface area contributed by atoms with Crippen LogP contribution in [0.3, 0.4) is 0 Å². The molecule has 0 bridgehead atoms. The minimum absolute atomic E-state index is 0.272. The third-order valence-electron chi connectivity index (χ3n) is 2.37. The van der Waals surface area contributed by atoms with Gasteiger partial charge in [-0.05, 0) is 25.1 Å². The molecule has 3 nitrogen and oxygen atoms in total. The third-order valence-corrected chi connectivity index (χ3v) is 2.37. The van der Waals surface area contributed by atoms with Crippen molar-refractivity contribution in [2.45, 2.75) is 6.92 Å². The molecule has 0 saturated carbocycles. The molecule has 0 N–H and O–H groups in total. The summed E-state index contributed by atoms with van der Waals surface area (Å²) in [6.07, 6.45) is 4.57. The Balaban J connectivity index is 2.31. The van der Waals surface area contributed by atoms with Crippen LogP contribution in [0.4, 0.5) is 4.39 Å². The molecule has 0 atom stereocenters. The van der Waals surface area contributed by atoms with Gasteiger partial charge in [0.05, 0.1) is 12.1 Å². The fraction of sp³-hybridized carbons (Fsp3) is 0.154. The molecule has 0 aliphatic carbocycles. The zero-order valence-electron chi connectivity index (χ0n) is 9.39. The van der Waals surface area contributed by atoms with Gasteiger partial charge in [-0.1, -0.05) is 6.07 Å². The lowest BCUT2D eigenvalue weighted by atomic mass is 10.2. The Morgan fingerprint density at radius 3 is 3.06 bits per heavy atom. The van der Waals surface area contributed by atoms with E-state index in [-0.39, 0.29) is 5.82 Å². The summed E-state index contributed by atoms with van der Waals surface area (Å²) in [5.41, 5.74) is 0.713. The molecule has 0 aliphatic rings. The number of carbonyl (C=O) groups is 1. The smallest absolute Gasteiger partial charge is 0.332 e. The highest BCUT2D eigenvalue weighted by Gasteiger charge is 2.03. The zero-order valence-corrected chi connectivity index (χ0v) is 9.39. The second-order valence-corrected chi connectivity index (χ2v) is 3.46. The number of hydrogen-bond donors (Lipinski definition) is 0. The Bertz CT molecular complexity index is 572. The lowest BCUT2D eigenvalue weighted by molar-refractivity contribution is -0.137. The van der Waals surface area contributed by atoms with Gasteiger partial charge >= 0.3 is 5.97 Å². The predicted octanol–water partition coefficient (Wildman–Crippen LogP) is 2.81. The molecule has 1 heterocycles. The van der Waals surface area contributed by atoms with Gasteiger partial charge in [0.15, 0.2) is 0 Å². The molecule has 4 heteroatoms. The van der Waals surface area contributed by atoms with Crippen molar-refractivity contribution in [3.8, 4) is 0 Å². The van der Waals surface area contributed by atoms with Gasteiger partial charge in [-0.2, -0.15) is 0 Å². The van der Waals surface area contributed by atoms with Gasteiger partial charge in [0.25, 0.3) is 0 Å². The fourth-order valence-corrected chi connectivity index (χ4v) is 1.61. The van der Waals surface area contributed by atoms with E-state index in [1.54, 1.807) is 42.1 Å². The molecule has 2 rings (SSSR count). The molecule has 0 amide bonds. The maximum absolute atomic E-state index is 13.4. The Hall–Kier alpha value is -2.10. The molecule has 1 aromatic heterocycles. The quantitative estimate of drug-likeness (QED) is 0.603. The molecule has 1 aromatic carbocycles. The predicted molar refractivity (Wildman–Crippen MR) is 63.9 cm³/mol. The van der Waals surface area contributed by atoms with Gasteiger partial charge < -0.3 is 9.30 Å². The van der Waals surface area contributed by atoms with E-state index >= 15 is 0 Å².